The molecule has 1 aliphatic heterocycles. The van der Waals surface area contributed by atoms with Crippen molar-refractivity contribution < 1.29 is 9.21 Å². The lowest BCUT2D eigenvalue weighted by Gasteiger charge is -2.23. The molecule has 1 saturated heterocycles. The molecule has 1 fully saturated rings. The van der Waals surface area contributed by atoms with Gasteiger partial charge in [0.1, 0.15) is 5.52 Å². The molecule has 1 aromatic heterocycles. The highest BCUT2D eigenvalue weighted by atomic mass is 35.5. The van der Waals surface area contributed by atoms with Crippen molar-refractivity contribution in [2.75, 3.05) is 18.0 Å². The van der Waals surface area contributed by atoms with Crippen LogP contribution in [0, 0.1) is 0 Å². The predicted molar refractivity (Wildman–Crippen MR) is 98.2 cm³/mol. The number of nitrogens with zero attached hydrogens (tertiary/aromatic N) is 2. The van der Waals surface area contributed by atoms with Gasteiger partial charge in [-0.25, -0.2) is 0 Å². The van der Waals surface area contributed by atoms with E-state index >= 15 is 0 Å². The number of halogens is 1. The van der Waals surface area contributed by atoms with Crippen LogP contribution in [0.4, 0.5) is 6.01 Å². The van der Waals surface area contributed by atoms with E-state index in [1.165, 1.54) is 0 Å². The molecule has 2 aromatic carbocycles. The summed E-state index contributed by atoms with van der Waals surface area (Å²) in [7, 11) is 0. The quantitative estimate of drug-likeness (QED) is 0.771. The van der Waals surface area contributed by atoms with Gasteiger partial charge >= 0.3 is 0 Å². The maximum absolute atomic E-state index is 12.4. The summed E-state index contributed by atoms with van der Waals surface area (Å²) in [6, 6.07) is 15.6. The lowest BCUT2D eigenvalue weighted by atomic mass is 10.2. The second-order valence-corrected chi connectivity index (χ2v) is 6.55. The topological polar surface area (TPSA) is 58.4 Å². The molecule has 0 aliphatic carbocycles. The number of anilines is 1. The van der Waals surface area contributed by atoms with E-state index in [2.05, 4.69) is 15.2 Å². The van der Waals surface area contributed by atoms with Gasteiger partial charge in [0, 0.05) is 13.1 Å². The van der Waals surface area contributed by atoms with E-state index in [-0.39, 0.29) is 11.9 Å². The molecular weight excluding hydrogens is 338 g/mol. The number of carbonyl (C=O) groups excluding carboxylic acids is 1. The Morgan fingerprint density at radius 1 is 1.24 bits per heavy atom. The van der Waals surface area contributed by atoms with Crippen LogP contribution < -0.4 is 10.2 Å². The first-order valence-electron chi connectivity index (χ1n) is 8.37. The zero-order chi connectivity index (χ0) is 17.2. The molecule has 1 N–H and O–H groups in total. The Bertz CT molecular complexity index is 875. The summed E-state index contributed by atoms with van der Waals surface area (Å²) in [5.41, 5.74) is 2.13. The zero-order valence-electron chi connectivity index (χ0n) is 13.6. The molecule has 3 aromatic rings. The highest BCUT2D eigenvalue weighted by molar-refractivity contribution is 6.33. The average Bonchev–Trinajstić information content (AvgIpc) is 3.26. The third-order valence-electron chi connectivity index (χ3n) is 4.52. The molecule has 128 valence electrons. The van der Waals surface area contributed by atoms with Gasteiger partial charge in [-0.15, -0.1) is 0 Å². The first-order chi connectivity index (χ1) is 12.2. The average molecular weight is 356 g/mol. The summed E-state index contributed by atoms with van der Waals surface area (Å²) >= 11 is 6.09. The number of amides is 1. The Labute approximate surface area is 150 Å². The minimum Gasteiger partial charge on any atom is -0.423 e. The van der Waals surface area contributed by atoms with Crippen LogP contribution in [0.3, 0.4) is 0 Å². The molecule has 0 saturated carbocycles. The molecular formula is C19H18ClN3O2. The first-order valence-corrected chi connectivity index (χ1v) is 8.75. The summed E-state index contributed by atoms with van der Waals surface area (Å²) in [6.45, 7) is 1.40. The maximum atomic E-state index is 12.4. The second kappa shape index (κ2) is 6.76. The molecule has 6 heteroatoms. The fourth-order valence-electron chi connectivity index (χ4n) is 3.23. The maximum Gasteiger partial charge on any atom is 0.298 e. The third kappa shape index (κ3) is 3.20. The van der Waals surface area contributed by atoms with Gasteiger partial charge in [0.15, 0.2) is 5.58 Å². The van der Waals surface area contributed by atoms with Crippen molar-refractivity contribution in [3.63, 3.8) is 0 Å². The number of oxazole rings is 1. The SMILES string of the molecule is O=C(NCC1CCCN1c1nc2ccccc2o1)c1ccccc1Cl. The predicted octanol–water partition coefficient (Wildman–Crippen LogP) is 3.88. The van der Waals surface area contributed by atoms with Crippen LogP contribution in [0.2, 0.25) is 5.02 Å². The fourth-order valence-corrected chi connectivity index (χ4v) is 3.46. The number of fused-ring (bicyclic) bond motifs is 1. The van der Waals surface area contributed by atoms with E-state index < -0.39 is 0 Å². The van der Waals surface area contributed by atoms with Crippen LogP contribution >= 0.6 is 11.6 Å². The Balaban J connectivity index is 1.46. The number of para-hydroxylation sites is 2. The number of benzene rings is 2. The minimum absolute atomic E-state index is 0.157. The van der Waals surface area contributed by atoms with E-state index in [9.17, 15) is 4.79 Å². The molecule has 0 spiro atoms. The molecule has 1 atom stereocenters. The van der Waals surface area contributed by atoms with Crippen molar-refractivity contribution in [1.82, 2.24) is 10.3 Å². The highest BCUT2D eigenvalue weighted by Gasteiger charge is 2.28. The van der Waals surface area contributed by atoms with Crippen LogP contribution in [-0.2, 0) is 0 Å². The largest absolute Gasteiger partial charge is 0.423 e. The Hall–Kier alpha value is -2.53. The van der Waals surface area contributed by atoms with Gasteiger partial charge < -0.3 is 14.6 Å². The molecule has 0 radical (unpaired) electrons. The smallest absolute Gasteiger partial charge is 0.298 e. The Kier molecular flexibility index (Phi) is 4.32. The number of rotatable bonds is 4. The summed E-state index contributed by atoms with van der Waals surface area (Å²) in [4.78, 5) is 19.1. The molecule has 2 heterocycles. The van der Waals surface area contributed by atoms with Crippen LogP contribution in [-0.4, -0.2) is 30.0 Å². The van der Waals surface area contributed by atoms with Gasteiger partial charge in [0.25, 0.3) is 11.9 Å². The monoisotopic (exact) mass is 355 g/mol. The van der Waals surface area contributed by atoms with Crippen LogP contribution in [0.5, 0.6) is 0 Å². The van der Waals surface area contributed by atoms with Gasteiger partial charge in [-0.2, -0.15) is 4.98 Å². The normalized spacial score (nSPS) is 17.2. The van der Waals surface area contributed by atoms with Crippen LogP contribution in [0.15, 0.2) is 52.9 Å². The summed E-state index contributed by atoms with van der Waals surface area (Å²) < 4.78 is 5.87. The zero-order valence-corrected chi connectivity index (χ0v) is 14.4. The van der Waals surface area contributed by atoms with Crippen molar-refractivity contribution in [3.8, 4) is 0 Å². The van der Waals surface area contributed by atoms with Crippen LogP contribution in [0.25, 0.3) is 11.1 Å². The van der Waals surface area contributed by atoms with Gasteiger partial charge in [0.2, 0.25) is 0 Å². The standard InChI is InChI=1S/C19H18ClN3O2/c20-15-8-2-1-7-14(15)18(24)21-12-13-6-5-11-23(13)19-22-16-9-3-4-10-17(16)25-19/h1-4,7-10,13H,5-6,11-12H2,(H,21,24). The van der Waals surface area contributed by atoms with Crippen LogP contribution in [0.1, 0.15) is 23.2 Å². The number of hydrogen-bond acceptors (Lipinski definition) is 4. The molecule has 1 amide bonds. The fraction of sp³-hybridized carbons (Fsp3) is 0.263. The number of nitrogens with one attached hydrogen (secondary N) is 1. The summed E-state index contributed by atoms with van der Waals surface area (Å²) in [5.74, 6) is -0.157. The number of hydrogen-bond donors (Lipinski definition) is 1. The molecule has 4 rings (SSSR count). The number of aromatic nitrogens is 1. The van der Waals surface area contributed by atoms with Gasteiger partial charge in [-0.1, -0.05) is 35.9 Å². The van der Waals surface area contributed by atoms with Crippen molar-refractivity contribution in [1.29, 1.82) is 0 Å². The molecule has 1 aliphatic rings. The van der Waals surface area contributed by atoms with Crippen molar-refractivity contribution in [3.05, 3.63) is 59.1 Å². The van der Waals surface area contributed by atoms with E-state index in [0.29, 0.717) is 23.1 Å². The lowest BCUT2D eigenvalue weighted by Crippen LogP contribution is -2.40. The van der Waals surface area contributed by atoms with Crippen molar-refractivity contribution in [2.45, 2.75) is 18.9 Å². The Morgan fingerprint density at radius 2 is 2.04 bits per heavy atom. The second-order valence-electron chi connectivity index (χ2n) is 6.14. The lowest BCUT2D eigenvalue weighted by molar-refractivity contribution is 0.0951. The van der Waals surface area contributed by atoms with E-state index in [1.54, 1.807) is 18.2 Å². The van der Waals surface area contributed by atoms with Gasteiger partial charge in [0.05, 0.1) is 16.6 Å². The van der Waals surface area contributed by atoms with E-state index in [1.807, 2.05) is 30.3 Å². The number of carbonyl (C=O) groups is 1. The summed E-state index contributed by atoms with van der Waals surface area (Å²) in [6.07, 6.45) is 2.03. The Morgan fingerprint density at radius 3 is 2.88 bits per heavy atom. The third-order valence-corrected chi connectivity index (χ3v) is 4.85. The molecule has 0 bridgehead atoms. The minimum atomic E-state index is -0.157. The van der Waals surface area contributed by atoms with E-state index in [4.69, 9.17) is 16.0 Å². The van der Waals surface area contributed by atoms with E-state index in [0.717, 1.165) is 30.5 Å². The summed E-state index contributed by atoms with van der Waals surface area (Å²) in [5, 5.41) is 3.44. The molecule has 25 heavy (non-hydrogen) atoms. The molecule has 1 unspecified atom stereocenters. The van der Waals surface area contributed by atoms with Gasteiger partial charge in [-0.05, 0) is 37.1 Å². The van der Waals surface area contributed by atoms with Gasteiger partial charge in [-0.3, -0.25) is 4.79 Å². The first kappa shape index (κ1) is 16.0. The van der Waals surface area contributed by atoms with Crippen molar-refractivity contribution in [2.24, 2.45) is 0 Å². The van der Waals surface area contributed by atoms with Crippen molar-refractivity contribution >= 4 is 34.6 Å². The highest BCUT2D eigenvalue weighted by Crippen LogP contribution is 2.28. The molecule has 5 nitrogen and oxygen atoms in total.